The number of benzene rings is 1. The Morgan fingerprint density at radius 2 is 2.06 bits per heavy atom. The zero-order valence-electron chi connectivity index (χ0n) is 10.3. The SMILES string of the molecule is CCc1nc(CC)n(Cc2cccc(N)c2)n1. The average Bonchev–Trinajstić information content (AvgIpc) is 2.71. The van der Waals surface area contributed by atoms with E-state index in [1.807, 2.05) is 22.9 Å². The lowest BCUT2D eigenvalue weighted by atomic mass is 10.2. The molecule has 0 fully saturated rings. The molecule has 1 heterocycles. The Morgan fingerprint density at radius 3 is 2.71 bits per heavy atom. The van der Waals surface area contributed by atoms with Gasteiger partial charge in [-0.25, -0.2) is 9.67 Å². The van der Waals surface area contributed by atoms with Gasteiger partial charge in [-0.2, -0.15) is 5.10 Å². The van der Waals surface area contributed by atoms with E-state index in [0.717, 1.165) is 42.3 Å². The van der Waals surface area contributed by atoms with Crippen molar-refractivity contribution in [2.45, 2.75) is 33.2 Å². The van der Waals surface area contributed by atoms with E-state index in [1.165, 1.54) is 0 Å². The van der Waals surface area contributed by atoms with Gasteiger partial charge in [-0.15, -0.1) is 0 Å². The molecule has 17 heavy (non-hydrogen) atoms. The number of aromatic nitrogens is 3. The molecule has 2 N–H and O–H groups in total. The monoisotopic (exact) mass is 230 g/mol. The maximum atomic E-state index is 5.77. The second-order valence-electron chi connectivity index (χ2n) is 4.05. The number of nitrogen functional groups attached to an aromatic ring is 1. The first-order valence-electron chi connectivity index (χ1n) is 6.00. The van der Waals surface area contributed by atoms with Crippen molar-refractivity contribution in [3.63, 3.8) is 0 Å². The quantitative estimate of drug-likeness (QED) is 0.818. The van der Waals surface area contributed by atoms with Gasteiger partial charge in [0.25, 0.3) is 0 Å². The van der Waals surface area contributed by atoms with Crippen molar-refractivity contribution in [3.05, 3.63) is 41.5 Å². The molecule has 0 amide bonds. The summed E-state index contributed by atoms with van der Waals surface area (Å²) >= 11 is 0. The molecule has 4 heteroatoms. The van der Waals surface area contributed by atoms with E-state index in [9.17, 15) is 0 Å². The Labute approximate surface area is 101 Å². The molecule has 0 saturated heterocycles. The van der Waals surface area contributed by atoms with E-state index >= 15 is 0 Å². The van der Waals surface area contributed by atoms with E-state index < -0.39 is 0 Å². The highest BCUT2D eigenvalue weighted by Gasteiger charge is 2.07. The van der Waals surface area contributed by atoms with Gasteiger partial charge in [0.15, 0.2) is 5.82 Å². The third-order valence-electron chi connectivity index (χ3n) is 2.71. The van der Waals surface area contributed by atoms with Gasteiger partial charge >= 0.3 is 0 Å². The summed E-state index contributed by atoms with van der Waals surface area (Å²) in [6, 6.07) is 7.90. The van der Waals surface area contributed by atoms with Crippen LogP contribution in [0.1, 0.15) is 31.1 Å². The molecule has 0 spiro atoms. The maximum Gasteiger partial charge on any atom is 0.150 e. The van der Waals surface area contributed by atoms with E-state index in [0.29, 0.717) is 0 Å². The first-order chi connectivity index (χ1) is 8.22. The van der Waals surface area contributed by atoms with Crippen molar-refractivity contribution in [2.24, 2.45) is 0 Å². The van der Waals surface area contributed by atoms with Crippen LogP contribution in [0, 0.1) is 0 Å². The van der Waals surface area contributed by atoms with Crippen LogP contribution in [0.5, 0.6) is 0 Å². The highest BCUT2D eigenvalue weighted by atomic mass is 15.3. The third-order valence-corrected chi connectivity index (χ3v) is 2.71. The summed E-state index contributed by atoms with van der Waals surface area (Å²) in [5.41, 5.74) is 7.72. The first kappa shape index (κ1) is 11.6. The number of hydrogen-bond donors (Lipinski definition) is 1. The van der Waals surface area contributed by atoms with E-state index in [1.54, 1.807) is 0 Å². The van der Waals surface area contributed by atoms with Crippen molar-refractivity contribution in [1.82, 2.24) is 14.8 Å². The second kappa shape index (κ2) is 4.99. The number of rotatable bonds is 4. The lowest BCUT2D eigenvalue weighted by Gasteiger charge is -2.05. The van der Waals surface area contributed by atoms with Crippen LogP contribution in [-0.2, 0) is 19.4 Å². The van der Waals surface area contributed by atoms with Gasteiger partial charge in [0.05, 0.1) is 6.54 Å². The predicted octanol–water partition coefficient (Wildman–Crippen LogP) is 2.03. The maximum absolute atomic E-state index is 5.77. The molecule has 0 unspecified atom stereocenters. The summed E-state index contributed by atoms with van der Waals surface area (Å²) in [6.45, 7) is 4.90. The summed E-state index contributed by atoms with van der Waals surface area (Å²) < 4.78 is 1.97. The van der Waals surface area contributed by atoms with Crippen molar-refractivity contribution >= 4 is 5.69 Å². The van der Waals surface area contributed by atoms with Gasteiger partial charge in [0.1, 0.15) is 5.82 Å². The molecule has 0 aliphatic heterocycles. The summed E-state index contributed by atoms with van der Waals surface area (Å²) in [7, 11) is 0. The number of nitrogens with zero attached hydrogens (tertiary/aromatic N) is 3. The predicted molar refractivity (Wildman–Crippen MR) is 68.7 cm³/mol. The number of hydrogen-bond acceptors (Lipinski definition) is 3. The Balaban J connectivity index is 2.25. The molecular formula is C13H18N4. The van der Waals surface area contributed by atoms with Gasteiger partial charge in [0, 0.05) is 18.5 Å². The van der Waals surface area contributed by atoms with Crippen molar-refractivity contribution < 1.29 is 0 Å². The van der Waals surface area contributed by atoms with E-state index in [-0.39, 0.29) is 0 Å². The molecule has 4 nitrogen and oxygen atoms in total. The van der Waals surface area contributed by atoms with Gasteiger partial charge < -0.3 is 5.73 Å². The van der Waals surface area contributed by atoms with Crippen LogP contribution < -0.4 is 5.73 Å². The third kappa shape index (κ3) is 2.64. The van der Waals surface area contributed by atoms with Gasteiger partial charge in [-0.05, 0) is 17.7 Å². The zero-order chi connectivity index (χ0) is 12.3. The second-order valence-corrected chi connectivity index (χ2v) is 4.05. The molecule has 0 bridgehead atoms. The molecule has 0 radical (unpaired) electrons. The van der Waals surface area contributed by atoms with Crippen LogP contribution >= 0.6 is 0 Å². The molecular weight excluding hydrogens is 212 g/mol. The van der Waals surface area contributed by atoms with Crippen LogP contribution in [0.25, 0.3) is 0 Å². The summed E-state index contributed by atoms with van der Waals surface area (Å²) in [5, 5.41) is 4.49. The Bertz CT molecular complexity index is 502. The van der Waals surface area contributed by atoms with Crippen LogP contribution in [0.4, 0.5) is 5.69 Å². The van der Waals surface area contributed by atoms with Crippen LogP contribution in [0.2, 0.25) is 0 Å². The molecule has 0 atom stereocenters. The van der Waals surface area contributed by atoms with Crippen molar-refractivity contribution in [2.75, 3.05) is 5.73 Å². The van der Waals surface area contributed by atoms with Crippen LogP contribution in [0.15, 0.2) is 24.3 Å². The molecule has 0 aliphatic carbocycles. The summed E-state index contributed by atoms with van der Waals surface area (Å²) in [4.78, 5) is 4.49. The minimum atomic E-state index is 0.737. The molecule has 0 aliphatic rings. The fourth-order valence-electron chi connectivity index (χ4n) is 1.83. The largest absolute Gasteiger partial charge is 0.399 e. The Kier molecular flexibility index (Phi) is 3.42. The minimum Gasteiger partial charge on any atom is -0.399 e. The van der Waals surface area contributed by atoms with Crippen molar-refractivity contribution in [3.8, 4) is 0 Å². The first-order valence-corrected chi connectivity index (χ1v) is 6.00. The van der Waals surface area contributed by atoms with E-state index in [4.69, 9.17) is 5.73 Å². The fraction of sp³-hybridized carbons (Fsp3) is 0.385. The normalized spacial score (nSPS) is 10.7. The van der Waals surface area contributed by atoms with Gasteiger partial charge in [-0.1, -0.05) is 26.0 Å². The summed E-state index contributed by atoms with van der Waals surface area (Å²) in [6.07, 6.45) is 1.77. The van der Waals surface area contributed by atoms with E-state index in [2.05, 4.69) is 30.0 Å². The standard InChI is InChI=1S/C13H18N4/c1-3-12-15-13(4-2)17(16-12)9-10-6-5-7-11(14)8-10/h5-8H,3-4,9,14H2,1-2H3. The topological polar surface area (TPSA) is 56.7 Å². The average molecular weight is 230 g/mol. The molecule has 1 aromatic carbocycles. The molecule has 90 valence electrons. The molecule has 2 aromatic rings. The summed E-state index contributed by atoms with van der Waals surface area (Å²) in [5.74, 6) is 1.94. The number of anilines is 1. The molecule has 2 rings (SSSR count). The highest BCUT2D eigenvalue weighted by Crippen LogP contribution is 2.10. The van der Waals surface area contributed by atoms with Gasteiger partial charge in [0.2, 0.25) is 0 Å². The van der Waals surface area contributed by atoms with Gasteiger partial charge in [-0.3, -0.25) is 0 Å². The fourth-order valence-corrected chi connectivity index (χ4v) is 1.83. The number of aryl methyl sites for hydroxylation is 2. The zero-order valence-corrected chi connectivity index (χ0v) is 10.3. The van der Waals surface area contributed by atoms with Crippen molar-refractivity contribution in [1.29, 1.82) is 0 Å². The molecule has 0 saturated carbocycles. The van der Waals surface area contributed by atoms with Crippen LogP contribution in [0.3, 0.4) is 0 Å². The Hall–Kier alpha value is -1.84. The minimum absolute atomic E-state index is 0.737. The lowest BCUT2D eigenvalue weighted by Crippen LogP contribution is -2.06. The van der Waals surface area contributed by atoms with Crippen LogP contribution in [-0.4, -0.2) is 14.8 Å². The smallest absolute Gasteiger partial charge is 0.150 e. The highest BCUT2D eigenvalue weighted by molar-refractivity contribution is 5.40. The molecule has 1 aromatic heterocycles. The lowest BCUT2D eigenvalue weighted by molar-refractivity contribution is 0.637. The number of nitrogens with two attached hydrogens (primary N) is 1. The Morgan fingerprint density at radius 1 is 1.24 bits per heavy atom.